The number of nitrogens with zero attached hydrogens (tertiary/aromatic N) is 3. The van der Waals surface area contributed by atoms with Gasteiger partial charge in [-0.05, 0) is 44.5 Å². The van der Waals surface area contributed by atoms with Crippen LogP contribution >= 0.6 is 0 Å². The van der Waals surface area contributed by atoms with Gasteiger partial charge in [-0.25, -0.2) is 15.0 Å². The molecule has 9 rings (SSSR count). The fraction of sp³-hybridized carbons (Fsp3) is 0.0217. The van der Waals surface area contributed by atoms with Crippen LogP contribution in [0.5, 0.6) is 0 Å². The predicted octanol–water partition coefficient (Wildman–Crippen LogP) is 10.9. The molecule has 1 heterocycles. The van der Waals surface area contributed by atoms with Crippen LogP contribution in [0.4, 0.5) is 0 Å². The molecular formula is C46H31N3. The van der Waals surface area contributed by atoms with Gasteiger partial charge in [0, 0.05) is 16.7 Å². The van der Waals surface area contributed by atoms with Crippen LogP contribution in [0.2, 0.25) is 0 Å². The summed E-state index contributed by atoms with van der Waals surface area (Å²) in [6.45, 7) is 0. The Hall–Kier alpha value is -6.45. The average molecular weight is 626 g/mol. The summed E-state index contributed by atoms with van der Waals surface area (Å²) in [7, 11) is 0. The van der Waals surface area contributed by atoms with Crippen LogP contribution in [0.3, 0.4) is 0 Å². The summed E-state index contributed by atoms with van der Waals surface area (Å²) >= 11 is 0. The summed E-state index contributed by atoms with van der Waals surface area (Å²) in [6.07, 6.45) is 0. The molecule has 3 heteroatoms. The molecule has 7 aromatic carbocycles. The van der Waals surface area contributed by atoms with Crippen LogP contribution in [0.15, 0.2) is 188 Å². The maximum Gasteiger partial charge on any atom is 0.164 e. The quantitative estimate of drug-likeness (QED) is 0.185. The summed E-state index contributed by atoms with van der Waals surface area (Å²) in [6, 6.07) is 66.2. The number of hydrogen-bond acceptors (Lipinski definition) is 3. The largest absolute Gasteiger partial charge is 0.208 e. The lowest BCUT2D eigenvalue weighted by molar-refractivity contribution is 0.768. The van der Waals surface area contributed by atoms with Crippen molar-refractivity contribution in [3.8, 4) is 56.4 Å². The van der Waals surface area contributed by atoms with Crippen LogP contribution in [0, 0.1) is 0 Å². The standard InChI is InChI=1S/C46H31N3/c1-5-16-32(17-6-1)33-28-30-35(31-29-33)44-47-43(34-18-7-2-8-19-34)48-45(49-44)39-25-15-27-41-42(39)38-24-13-14-26-40(38)46(41,36-20-9-3-10-21-36)37-22-11-4-12-23-37/h1-31H. The van der Waals surface area contributed by atoms with Crippen molar-refractivity contribution in [2.24, 2.45) is 0 Å². The van der Waals surface area contributed by atoms with Crippen molar-refractivity contribution in [1.29, 1.82) is 0 Å². The molecule has 8 aromatic rings. The summed E-state index contributed by atoms with van der Waals surface area (Å²) in [5.74, 6) is 1.94. The lowest BCUT2D eigenvalue weighted by Gasteiger charge is -2.33. The van der Waals surface area contributed by atoms with Gasteiger partial charge in [0.25, 0.3) is 0 Å². The molecule has 0 spiro atoms. The second-order valence-electron chi connectivity index (χ2n) is 12.4. The number of rotatable bonds is 6. The zero-order valence-electron chi connectivity index (χ0n) is 26.7. The first kappa shape index (κ1) is 28.7. The molecule has 0 amide bonds. The number of hydrogen-bond donors (Lipinski definition) is 0. The van der Waals surface area contributed by atoms with E-state index in [4.69, 9.17) is 15.0 Å². The van der Waals surface area contributed by atoms with Crippen LogP contribution in [0.1, 0.15) is 22.3 Å². The van der Waals surface area contributed by atoms with Gasteiger partial charge in [0.05, 0.1) is 5.41 Å². The maximum atomic E-state index is 5.22. The van der Waals surface area contributed by atoms with E-state index < -0.39 is 5.41 Å². The monoisotopic (exact) mass is 625 g/mol. The third-order valence-electron chi connectivity index (χ3n) is 9.64. The normalized spacial score (nSPS) is 12.7. The third-order valence-corrected chi connectivity index (χ3v) is 9.64. The molecule has 0 radical (unpaired) electrons. The van der Waals surface area contributed by atoms with Gasteiger partial charge < -0.3 is 0 Å². The second-order valence-corrected chi connectivity index (χ2v) is 12.4. The van der Waals surface area contributed by atoms with E-state index in [1.165, 1.54) is 33.4 Å². The van der Waals surface area contributed by atoms with E-state index in [0.29, 0.717) is 17.5 Å². The SMILES string of the molecule is c1ccc(-c2ccc(-c3nc(-c4ccccc4)nc(-c4cccc5c4-c4ccccc4C5(c4ccccc4)c4ccccc4)n3)cc2)cc1. The molecule has 0 saturated heterocycles. The Kier molecular flexibility index (Phi) is 7.02. The molecule has 230 valence electrons. The highest BCUT2D eigenvalue weighted by molar-refractivity contribution is 5.94. The molecule has 0 aliphatic heterocycles. The zero-order valence-corrected chi connectivity index (χ0v) is 26.7. The van der Waals surface area contributed by atoms with Gasteiger partial charge in [-0.2, -0.15) is 0 Å². The first-order chi connectivity index (χ1) is 24.3. The Labute approximate surface area is 286 Å². The number of benzene rings is 7. The molecule has 0 fully saturated rings. The third kappa shape index (κ3) is 4.78. The molecule has 0 N–H and O–H groups in total. The summed E-state index contributed by atoms with van der Waals surface area (Å²) in [4.78, 5) is 15.5. The van der Waals surface area contributed by atoms with Gasteiger partial charge >= 0.3 is 0 Å². The van der Waals surface area contributed by atoms with Gasteiger partial charge in [-0.15, -0.1) is 0 Å². The Balaban J connectivity index is 1.29. The summed E-state index contributed by atoms with van der Waals surface area (Å²) in [5, 5.41) is 0. The van der Waals surface area contributed by atoms with Crippen molar-refractivity contribution in [2.45, 2.75) is 5.41 Å². The lowest BCUT2D eigenvalue weighted by atomic mass is 9.67. The fourth-order valence-corrected chi connectivity index (χ4v) is 7.46. The average Bonchev–Trinajstić information content (AvgIpc) is 3.50. The highest BCUT2D eigenvalue weighted by Crippen LogP contribution is 2.58. The van der Waals surface area contributed by atoms with Crippen molar-refractivity contribution in [3.05, 3.63) is 210 Å². The number of fused-ring (bicyclic) bond motifs is 3. The molecule has 1 aliphatic rings. The van der Waals surface area contributed by atoms with Crippen molar-refractivity contribution >= 4 is 0 Å². The fourth-order valence-electron chi connectivity index (χ4n) is 7.46. The Morgan fingerprint density at radius 3 is 1.31 bits per heavy atom. The second kappa shape index (κ2) is 12.0. The number of aromatic nitrogens is 3. The Morgan fingerprint density at radius 1 is 0.286 bits per heavy atom. The van der Waals surface area contributed by atoms with Gasteiger partial charge in [-0.1, -0.05) is 188 Å². The van der Waals surface area contributed by atoms with Crippen LogP contribution < -0.4 is 0 Å². The van der Waals surface area contributed by atoms with Gasteiger partial charge in [-0.3, -0.25) is 0 Å². The minimum Gasteiger partial charge on any atom is -0.208 e. The van der Waals surface area contributed by atoms with Crippen LogP contribution in [-0.4, -0.2) is 15.0 Å². The molecule has 0 unspecified atom stereocenters. The Bertz CT molecular complexity index is 2370. The maximum absolute atomic E-state index is 5.22. The van der Waals surface area contributed by atoms with Crippen molar-refractivity contribution in [1.82, 2.24) is 15.0 Å². The minimum atomic E-state index is -0.504. The minimum absolute atomic E-state index is 0.504. The molecule has 49 heavy (non-hydrogen) atoms. The molecule has 3 nitrogen and oxygen atoms in total. The smallest absolute Gasteiger partial charge is 0.164 e. The van der Waals surface area contributed by atoms with E-state index in [0.717, 1.165) is 27.8 Å². The predicted molar refractivity (Wildman–Crippen MR) is 199 cm³/mol. The molecule has 0 saturated carbocycles. The molecule has 0 bridgehead atoms. The van der Waals surface area contributed by atoms with Gasteiger partial charge in [0.15, 0.2) is 17.5 Å². The van der Waals surface area contributed by atoms with Gasteiger partial charge in [0.2, 0.25) is 0 Å². The molecular weight excluding hydrogens is 595 g/mol. The van der Waals surface area contributed by atoms with E-state index in [1.54, 1.807) is 0 Å². The van der Waals surface area contributed by atoms with Crippen molar-refractivity contribution in [2.75, 3.05) is 0 Å². The van der Waals surface area contributed by atoms with E-state index >= 15 is 0 Å². The summed E-state index contributed by atoms with van der Waals surface area (Å²) in [5.41, 5.74) is 12.0. The van der Waals surface area contributed by atoms with Crippen molar-refractivity contribution < 1.29 is 0 Å². The van der Waals surface area contributed by atoms with E-state index in [-0.39, 0.29) is 0 Å². The molecule has 0 atom stereocenters. The first-order valence-corrected chi connectivity index (χ1v) is 16.6. The molecule has 1 aliphatic carbocycles. The topological polar surface area (TPSA) is 38.7 Å². The van der Waals surface area contributed by atoms with E-state index in [2.05, 4.69) is 164 Å². The van der Waals surface area contributed by atoms with Crippen LogP contribution in [-0.2, 0) is 5.41 Å². The van der Waals surface area contributed by atoms with Gasteiger partial charge in [0.1, 0.15) is 0 Å². The van der Waals surface area contributed by atoms with Crippen LogP contribution in [0.25, 0.3) is 56.4 Å². The Morgan fingerprint density at radius 2 is 0.694 bits per heavy atom. The highest BCUT2D eigenvalue weighted by atomic mass is 15.0. The first-order valence-electron chi connectivity index (χ1n) is 16.6. The summed E-state index contributed by atoms with van der Waals surface area (Å²) < 4.78 is 0. The highest BCUT2D eigenvalue weighted by Gasteiger charge is 2.46. The van der Waals surface area contributed by atoms with E-state index in [1.807, 2.05) is 24.3 Å². The van der Waals surface area contributed by atoms with E-state index in [9.17, 15) is 0 Å². The van der Waals surface area contributed by atoms with Crippen molar-refractivity contribution in [3.63, 3.8) is 0 Å². The zero-order chi connectivity index (χ0) is 32.6. The lowest BCUT2D eigenvalue weighted by Crippen LogP contribution is -2.28. The molecule has 1 aromatic heterocycles.